The second-order valence-electron chi connectivity index (χ2n) is 10.2. The van der Waals surface area contributed by atoms with Crippen LogP contribution in [0.3, 0.4) is 0 Å². The summed E-state index contributed by atoms with van der Waals surface area (Å²) in [5.74, 6) is -1.32. The molecule has 0 saturated heterocycles. The number of fused-ring (bicyclic) bond motifs is 3. The van der Waals surface area contributed by atoms with Crippen molar-refractivity contribution < 1.29 is 52.0 Å². The topological polar surface area (TPSA) is 259 Å². The highest BCUT2D eigenvalue weighted by atomic mass is 32.2. The van der Waals surface area contributed by atoms with E-state index in [-0.39, 0.29) is 41.5 Å². The van der Waals surface area contributed by atoms with Crippen LogP contribution in [0.5, 0.6) is 11.5 Å². The number of phenols is 2. The Bertz CT molecular complexity index is 2740. The molecule has 0 amide bonds. The molecule has 0 aliphatic rings. The second kappa shape index (κ2) is 11.7. The highest BCUT2D eigenvalue weighted by molar-refractivity contribution is 7.86. The van der Waals surface area contributed by atoms with Crippen LogP contribution in [0, 0.1) is 0 Å². The Hall–Kier alpha value is -5.37. The largest absolute Gasteiger partial charge is 0.744 e. The van der Waals surface area contributed by atoms with E-state index in [1.165, 1.54) is 30.3 Å². The molecule has 6 aromatic carbocycles. The lowest BCUT2D eigenvalue weighted by Gasteiger charge is -2.15. The lowest BCUT2D eigenvalue weighted by atomic mass is 10.1. The monoisotopic (exact) mass is 710 g/mol. The molecule has 0 heterocycles. The third-order valence-corrected chi connectivity index (χ3v) is 9.77. The molecule has 18 heteroatoms. The zero-order chi connectivity index (χ0) is 34.6. The standard InChI is InChI=1S/C30H20N4O11S3.2H2/c35-24-11-9-16-5-1-2-6-19(16)28(24)33-32-23-15-18(46(37,38)39)13-17-14-26(48(43,44)45)29(30(36)27(17)23)34-31-22-10-12-25(47(40,41)42)21-8-4-3-7-20(21)22;;/h1-15,35-36H,(H,37,38,39)(H,40,41,42)(H,43,44,45);2*1H/p-2. The van der Waals surface area contributed by atoms with E-state index in [4.69, 9.17) is 0 Å². The minimum Gasteiger partial charge on any atom is -0.744 e. The van der Waals surface area contributed by atoms with E-state index in [0.29, 0.717) is 16.8 Å². The Morgan fingerprint density at radius 3 is 1.83 bits per heavy atom. The first-order valence-electron chi connectivity index (χ1n) is 13.3. The van der Waals surface area contributed by atoms with Crippen molar-refractivity contribution >= 4 is 85.4 Å². The minimum absolute atomic E-state index is 0. The molecular formula is C30H22N4O11S3-2. The van der Waals surface area contributed by atoms with Gasteiger partial charge >= 0.3 is 0 Å². The van der Waals surface area contributed by atoms with Crippen LogP contribution in [0.2, 0.25) is 0 Å². The summed E-state index contributed by atoms with van der Waals surface area (Å²) in [4.78, 5) is -2.49. The van der Waals surface area contributed by atoms with Gasteiger partial charge in [-0.1, -0.05) is 54.6 Å². The molecule has 0 bridgehead atoms. The Kier molecular flexibility index (Phi) is 7.94. The number of phenolic OH excluding ortho intramolecular Hbond substituents is 2. The number of hydrogen-bond acceptors (Lipinski definition) is 14. The van der Waals surface area contributed by atoms with Crippen molar-refractivity contribution in [2.45, 2.75) is 14.7 Å². The van der Waals surface area contributed by atoms with Crippen LogP contribution >= 0.6 is 0 Å². The first-order valence-corrected chi connectivity index (χ1v) is 17.6. The van der Waals surface area contributed by atoms with Gasteiger partial charge in [-0.25, -0.2) is 16.8 Å². The molecule has 0 aromatic heterocycles. The SMILES string of the molecule is O=S(=O)([O-])c1cc2cc(S(=O)(=O)O)cc(N=Nc3c(O)ccc4ccccc34)c2c(O)c1N=Nc1ccc(S(=O)(=O)[O-])c2ccccc12.[HH].[HH]. The average Bonchev–Trinajstić information content (AvgIpc) is 3.01. The van der Waals surface area contributed by atoms with Crippen LogP contribution in [0.1, 0.15) is 2.85 Å². The van der Waals surface area contributed by atoms with E-state index in [1.54, 1.807) is 30.3 Å². The number of aromatic hydroxyl groups is 2. The van der Waals surface area contributed by atoms with Crippen molar-refractivity contribution in [3.63, 3.8) is 0 Å². The summed E-state index contributed by atoms with van der Waals surface area (Å²) >= 11 is 0. The highest BCUT2D eigenvalue weighted by Gasteiger charge is 2.23. The van der Waals surface area contributed by atoms with Crippen molar-refractivity contribution in [1.82, 2.24) is 0 Å². The molecule has 0 unspecified atom stereocenters. The maximum atomic E-state index is 12.4. The maximum Gasteiger partial charge on any atom is 0.294 e. The number of azo groups is 2. The van der Waals surface area contributed by atoms with Crippen LogP contribution < -0.4 is 0 Å². The van der Waals surface area contributed by atoms with E-state index in [2.05, 4.69) is 20.5 Å². The van der Waals surface area contributed by atoms with Crippen molar-refractivity contribution in [3.05, 3.63) is 91.0 Å². The van der Waals surface area contributed by atoms with Crippen LogP contribution in [0.4, 0.5) is 22.7 Å². The van der Waals surface area contributed by atoms with Gasteiger partial charge < -0.3 is 19.3 Å². The normalized spacial score (nSPS) is 13.0. The molecule has 248 valence electrons. The van der Waals surface area contributed by atoms with Gasteiger partial charge in [0.15, 0.2) is 5.75 Å². The molecule has 0 fully saturated rings. The molecule has 0 spiro atoms. The summed E-state index contributed by atoms with van der Waals surface area (Å²) in [6.45, 7) is 0. The summed E-state index contributed by atoms with van der Waals surface area (Å²) in [6.07, 6.45) is 0. The van der Waals surface area contributed by atoms with Crippen molar-refractivity contribution in [2.24, 2.45) is 20.5 Å². The molecule has 0 saturated carbocycles. The van der Waals surface area contributed by atoms with Crippen LogP contribution in [0.15, 0.2) is 126 Å². The molecule has 3 N–H and O–H groups in total. The quantitative estimate of drug-likeness (QED) is 0.113. The van der Waals surface area contributed by atoms with Crippen LogP contribution in [-0.2, 0) is 30.4 Å². The minimum atomic E-state index is -5.45. The number of rotatable bonds is 7. The molecule has 6 rings (SSSR count). The van der Waals surface area contributed by atoms with E-state index < -0.39 is 62.2 Å². The Morgan fingerprint density at radius 1 is 0.562 bits per heavy atom. The first kappa shape index (κ1) is 32.6. The predicted octanol–water partition coefficient (Wildman–Crippen LogP) is 6.94. The fourth-order valence-corrected chi connectivity index (χ4v) is 6.93. The van der Waals surface area contributed by atoms with Crippen LogP contribution in [-0.4, -0.2) is 49.1 Å². The van der Waals surface area contributed by atoms with Crippen molar-refractivity contribution in [1.29, 1.82) is 0 Å². The zero-order valence-electron chi connectivity index (χ0n) is 23.8. The first-order chi connectivity index (χ1) is 22.5. The third-order valence-electron chi connectivity index (χ3n) is 7.20. The summed E-state index contributed by atoms with van der Waals surface area (Å²) < 4.78 is 106. The van der Waals surface area contributed by atoms with Gasteiger partial charge in [-0.3, -0.25) is 4.55 Å². The van der Waals surface area contributed by atoms with Gasteiger partial charge in [0.2, 0.25) is 0 Å². The molecule has 0 radical (unpaired) electrons. The lowest BCUT2D eigenvalue weighted by molar-refractivity contribution is 0.458. The van der Waals surface area contributed by atoms with Gasteiger partial charge in [-0.2, -0.15) is 8.42 Å². The fourth-order valence-electron chi connectivity index (χ4n) is 5.07. The molecule has 0 atom stereocenters. The van der Waals surface area contributed by atoms with Gasteiger partial charge in [-0.15, -0.1) is 20.5 Å². The van der Waals surface area contributed by atoms with Crippen molar-refractivity contribution in [2.75, 3.05) is 0 Å². The molecule has 48 heavy (non-hydrogen) atoms. The lowest BCUT2D eigenvalue weighted by Crippen LogP contribution is -2.01. The summed E-state index contributed by atoms with van der Waals surface area (Å²) in [5, 5.41) is 38.1. The van der Waals surface area contributed by atoms with Gasteiger partial charge in [0.25, 0.3) is 10.1 Å². The smallest absolute Gasteiger partial charge is 0.294 e. The number of benzene rings is 6. The van der Waals surface area contributed by atoms with E-state index in [9.17, 15) is 49.1 Å². The Morgan fingerprint density at radius 2 is 1.17 bits per heavy atom. The number of nitrogens with zero attached hydrogens (tertiary/aromatic N) is 4. The van der Waals surface area contributed by atoms with E-state index in [1.807, 2.05) is 0 Å². The molecule has 0 aliphatic carbocycles. The molecular weight excluding hydrogens is 689 g/mol. The third kappa shape index (κ3) is 6.06. The van der Waals surface area contributed by atoms with E-state index >= 15 is 0 Å². The van der Waals surface area contributed by atoms with Gasteiger partial charge in [0.05, 0.1) is 31.4 Å². The average molecular weight is 711 g/mol. The Balaban J connectivity index is 0.00000281. The maximum absolute atomic E-state index is 12.4. The van der Waals surface area contributed by atoms with Gasteiger partial charge in [0, 0.05) is 19.0 Å². The van der Waals surface area contributed by atoms with E-state index in [0.717, 1.165) is 24.3 Å². The van der Waals surface area contributed by atoms with Gasteiger partial charge in [-0.05, 0) is 47.2 Å². The predicted molar refractivity (Wildman–Crippen MR) is 173 cm³/mol. The summed E-state index contributed by atoms with van der Waals surface area (Å²) in [7, 11) is -15.3. The summed E-state index contributed by atoms with van der Waals surface area (Å²) in [6, 6.07) is 19.8. The van der Waals surface area contributed by atoms with Crippen molar-refractivity contribution in [3.8, 4) is 11.5 Å². The fraction of sp³-hybridized carbons (Fsp3) is 0. The van der Waals surface area contributed by atoms with Crippen LogP contribution in [0.25, 0.3) is 32.3 Å². The zero-order valence-corrected chi connectivity index (χ0v) is 26.2. The molecule has 15 nitrogen and oxygen atoms in total. The molecule has 6 aromatic rings. The van der Waals surface area contributed by atoms with Gasteiger partial charge in [0.1, 0.15) is 37.4 Å². The Labute approximate surface area is 274 Å². The number of hydrogen-bond donors (Lipinski definition) is 3. The molecule has 0 aliphatic heterocycles. The second-order valence-corrected chi connectivity index (χ2v) is 14.3. The highest BCUT2D eigenvalue weighted by Crippen LogP contribution is 2.47. The summed E-state index contributed by atoms with van der Waals surface area (Å²) in [5.41, 5.74) is -1.48.